The minimum Gasteiger partial charge on any atom is -0.477 e. The molecule has 1 aromatic rings. The van der Waals surface area contributed by atoms with Gasteiger partial charge in [0.1, 0.15) is 0 Å². The van der Waals surface area contributed by atoms with Gasteiger partial charge in [-0.3, -0.25) is 4.68 Å². The Morgan fingerprint density at radius 3 is 3.36 bits per heavy atom. The summed E-state index contributed by atoms with van der Waals surface area (Å²) in [6, 6.07) is 2.43. The number of nitrogens with zero attached hydrogens (tertiary/aromatic N) is 2. The third-order valence-electron chi connectivity index (χ3n) is 2.52. The van der Waals surface area contributed by atoms with Gasteiger partial charge in [0, 0.05) is 18.8 Å². The average molecular weight is 195 g/mol. The van der Waals surface area contributed by atoms with Gasteiger partial charge in [-0.05, 0) is 26.3 Å². The van der Waals surface area contributed by atoms with Crippen molar-refractivity contribution in [2.45, 2.75) is 25.8 Å². The van der Waals surface area contributed by atoms with Crippen LogP contribution in [0.4, 0.5) is 0 Å². The number of hydrogen-bond acceptors (Lipinski definition) is 3. The smallest absolute Gasteiger partial charge is 0.232 e. The van der Waals surface area contributed by atoms with Crippen LogP contribution < -0.4 is 10.1 Å². The zero-order valence-corrected chi connectivity index (χ0v) is 8.57. The average Bonchev–Trinajstić information content (AvgIpc) is 2.68. The predicted molar refractivity (Wildman–Crippen MR) is 54.5 cm³/mol. The second-order valence-electron chi connectivity index (χ2n) is 3.57. The molecule has 0 aromatic carbocycles. The van der Waals surface area contributed by atoms with Crippen LogP contribution in [-0.4, -0.2) is 29.5 Å². The first kappa shape index (κ1) is 9.52. The van der Waals surface area contributed by atoms with Gasteiger partial charge in [-0.1, -0.05) is 0 Å². The van der Waals surface area contributed by atoms with Crippen molar-refractivity contribution in [1.29, 1.82) is 0 Å². The molecule has 1 atom stereocenters. The minimum atomic E-state index is 0.498. The van der Waals surface area contributed by atoms with Crippen LogP contribution in [0.25, 0.3) is 0 Å². The quantitative estimate of drug-likeness (QED) is 0.788. The molecule has 4 heteroatoms. The van der Waals surface area contributed by atoms with Gasteiger partial charge in [0.2, 0.25) is 5.88 Å². The van der Waals surface area contributed by atoms with Crippen LogP contribution in [0, 0.1) is 0 Å². The molecule has 0 saturated carbocycles. The van der Waals surface area contributed by atoms with Crippen LogP contribution in [-0.2, 0) is 0 Å². The van der Waals surface area contributed by atoms with Gasteiger partial charge in [-0.15, -0.1) is 5.10 Å². The molecule has 4 nitrogen and oxygen atoms in total. The fourth-order valence-corrected chi connectivity index (χ4v) is 1.81. The lowest BCUT2D eigenvalue weighted by Gasteiger charge is -2.22. The highest BCUT2D eigenvalue weighted by Crippen LogP contribution is 2.17. The number of aromatic nitrogens is 2. The second-order valence-corrected chi connectivity index (χ2v) is 3.57. The monoisotopic (exact) mass is 195 g/mol. The van der Waals surface area contributed by atoms with E-state index in [1.165, 1.54) is 12.8 Å². The maximum Gasteiger partial charge on any atom is 0.232 e. The Bertz CT molecular complexity index is 279. The van der Waals surface area contributed by atoms with E-state index < -0.39 is 0 Å². The van der Waals surface area contributed by atoms with Gasteiger partial charge in [0.25, 0.3) is 0 Å². The van der Waals surface area contributed by atoms with E-state index in [9.17, 15) is 0 Å². The Kier molecular flexibility index (Phi) is 3.03. The number of ether oxygens (including phenoxy) is 1. The third kappa shape index (κ3) is 2.07. The Labute approximate surface area is 84.3 Å². The molecular weight excluding hydrogens is 178 g/mol. The number of piperidine rings is 1. The van der Waals surface area contributed by atoms with Crippen molar-refractivity contribution >= 4 is 0 Å². The summed E-state index contributed by atoms with van der Waals surface area (Å²) in [4.78, 5) is 0. The van der Waals surface area contributed by atoms with Gasteiger partial charge >= 0.3 is 0 Å². The van der Waals surface area contributed by atoms with Crippen LogP contribution >= 0.6 is 0 Å². The molecule has 1 aromatic heterocycles. The summed E-state index contributed by atoms with van der Waals surface area (Å²) >= 11 is 0. The lowest BCUT2D eigenvalue weighted by atomic mass is 10.1. The lowest BCUT2D eigenvalue weighted by Crippen LogP contribution is -2.31. The first-order valence-corrected chi connectivity index (χ1v) is 5.29. The molecule has 0 radical (unpaired) electrons. The van der Waals surface area contributed by atoms with Crippen LogP contribution in [0.15, 0.2) is 12.3 Å². The standard InChI is InChI=1S/C10H17N3O/c1-2-14-10-5-7-13(12-10)9-4-3-6-11-8-9/h5,7,9,11H,2-4,6,8H2,1H3/t9-/m0/s1. The van der Waals surface area contributed by atoms with Gasteiger partial charge in [-0.25, -0.2) is 0 Å². The fourth-order valence-electron chi connectivity index (χ4n) is 1.81. The molecule has 0 unspecified atom stereocenters. The molecule has 1 aliphatic heterocycles. The first-order chi connectivity index (χ1) is 6.90. The van der Waals surface area contributed by atoms with Gasteiger partial charge in [-0.2, -0.15) is 0 Å². The minimum absolute atomic E-state index is 0.498. The largest absolute Gasteiger partial charge is 0.477 e. The van der Waals surface area contributed by atoms with E-state index in [0.29, 0.717) is 12.6 Å². The van der Waals surface area contributed by atoms with E-state index in [1.807, 2.05) is 23.9 Å². The molecule has 1 N–H and O–H groups in total. The van der Waals surface area contributed by atoms with Crippen molar-refractivity contribution in [3.8, 4) is 5.88 Å². The Morgan fingerprint density at radius 2 is 2.64 bits per heavy atom. The third-order valence-corrected chi connectivity index (χ3v) is 2.52. The zero-order chi connectivity index (χ0) is 9.80. The van der Waals surface area contributed by atoms with E-state index in [4.69, 9.17) is 4.74 Å². The summed E-state index contributed by atoms with van der Waals surface area (Å²) in [7, 11) is 0. The maximum absolute atomic E-state index is 5.32. The highest BCUT2D eigenvalue weighted by atomic mass is 16.5. The number of hydrogen-bond donors (Lipinski definition) is 1. The molecule has 1 saturated heterocycles. The summed E-state index contributed by atoms with van der Waals surface area (Å²) in [5, 5.41) is 7.75. The molecule has 2 heterocycles. The van der Waals surface area contributed by atoms with Crippen molar-refractivity contribution in [3.63, 3.8) is 0 Å². The van der Waals surface area contributed by atoms with Crippen molar-refractivity contribution in [3.05, 3.63) is 12.3 Å². The Hall–Kier alpha value is -1.03. The summed E-state index contributed by atoms with van der Waals surface area (Å²) in [6.45, 7) is 4.81. The molecule has 0 spiro atoms. The summed E-state index contributed by atoms with van der Waals surface area (Å²) in [5.74, 6) is 0.734. The fraction of sp³-hybridized carbons (Fsp3) is 0.700. The molecule has 14 heavy (non-hydrogen) atoms. The highest BCUT2D eigenvalue weighted by molar-refractivity contribution is 5.06. The predicted octanol–water partition coefficient (Wildman–Crippen LogP) is 1.21. The van der Waals surface area contributed by atoms with E-state index >= 15 is 0 Å². The molecule has 0 bridgehead atoms. The van der Waals surface area contributed by atoms with Crippen molar-refractivity contribution < 1.29 is 4.74 Å². The van der Waals surface area contributed by atoms with E-state index in [-0.39, 0.29) is 0 Å². The second kappa shape index (κ2) is 4.46. The topological polar surface area (TPSA) is 39.1 Å². The summed E-state index contributed by atoms with van der Waals surface area (Å²) in [6.07, 6.45) is 4.44. The van der Waals surface area contributed by atoms with Gasteiger partial charge < -0.3 is 10.1 Å². The highest BCUT2D eigenvalue weighted by Gasteiger charge is 2.15. The number of nitrogens with one attached hydrogen (secondary N) is 1. The maximum atomic E-state index is 5.32. The summed E-state index contributed by atoms with van der Waals surface area (Å²) in [5.41, 5.74) is 0. The molecule has 0 amide bonds. The molecule has 2 rings (SSSR count). The van der Waals surface area contributed by atoms with E-state index in [0.717, 1.165) is 19.0 Å². The van der Waals surface area contributed by atoms with Crippen LogP contribution in [0.2, 0.25) is 0 Å². The van der Waals surface area contributed by atoms with Crippen LogP contribution in [0.1, 0.15) is 25.8 Å². The summed E-state index contributed by atoms with van der Waals surface area (Å²) < 4.78 is 7.34. The van der Waals surface area contributed by atoms with Crippen molar-refractivity contribution in [1.82, 2.24) is 15.1 Å². The first-order valence-electron chi connectivity index (χ1n) is 5.29. The lowest BCUT2D eigenvalue weighted by molar-refractivity contribution is 0.303. The molecule has 1 fully saturated rings. The van der Waals surface area contributed by atoms with Crippen molar-refractivity contribution in [2.24, 2.45) is 0 Å². The van der Waals surface area contributed by atoms with Crippen molar-refractivity contribution in [2.75, 3.05) is 19.7 Å². The molecule has 0 aliphatic carbocycles. The molecule has 78 valence electrons. The normalized spacial score (nSPS) is 22.2. The van der Waals surface area contributed by atoms with E-state index in [1.54, 1.807) is 0 Å². The van der Waals surface area contributed by atoms with Gasteiger partial charge in [0.05, 0.1) is 12.6 Å². The zero-order valence-electron chi connectivity index (χ0n) is 8.57. The van der Waals surface area contributed by atoms with Gasteiger partial charge in [0.15, 0.2) is 0 Å². The Morgan fingerprint density at radius 1 is 1.71 bits per heavy atom. The van der Waals surface area contributed by atoms with Crippen LogP contribution in [0.3, 0.4) is 0 Å². The molecular formula is C10H17N3O. The number of rotatable bonds is 3. The molecule has 1 aliphatic rings. The van der Waals surface area contributed by atoms with Crippen LogP contribution in [0.5, 0.6) is 5.88 Å². The SMILES string of the molecule is CCOc1ccn([C@H]2CCCNC2)n1. The Balaban J connectivity index is 2.00. The van der Waals surface area contributed by atoms with E-state index in [2.05, 4.69) is 10.4 Å².